The molecule has 0 radical (unpaired) electrons. The van der Waals surface area contributed by atoms with Gasteiger partial charge < -0.3 is 24.6 Å². The number of nitrogens with one attached hydrogen (secondary N) is 1. The molecule has 3 aliphatic rings. The first kappa shape index (κ1) is 24.3. The number of likely N-dealkylation sites (N-methyl/N-ethyl adjacent to an activating group) is 1. The molecule has 0 aliphatic carbocycles. The summed E-state index contributed by atoms with van der Waals surface area (Å²) in [7, 11) is 1.89. The largest absolute Gasteiger partial charge is 0.437 e. The Morgan fingerprint density at radius 3 is 2.71 bits per heavy atom. The van der Waals surface area contributed by atoms with Gasteiger partial charge in [0.25, 0.3) is 5.91 Å². The number of alkyl halides is 3. The summed E-state index contributed by atoms with van der Waals surface area (Å²) >= 11 is 0. The SMILES string of the molecule is CN1c2nc(NCc3ccc(Oc4ccc(C(F)(F)F)nc4)nc3)nc3c2N(CCC3)C(=O)C12CCOC2. The van der Waals surface area contributed by atoms with E-state index in [2.05, 4.69) is 15.3 Å². The molecule has 0 aromatic carbocycles. The van der Waals surface area contributed by atoms with Crippen LogP contribution in [0.1, 0.15) is 29.8 Å². The van der Waals surface area contributed by atoms with Crippen molar-refractivity contribution in [2.45, 2.75) is 37.5 Å². The van der Waals surface area contributed by atoms with Crippen molar-refractivity contribution in [1.82, 2.24) is 19.9 Å². The second-order valence-corrected chi connectivity index (χ2v) is 9.46. The maximum Gasteiger partial charge on any atom is 0.433 e. The molecule has 38 heavy (non-hydrogen) atoms. The molecular formula is C25H24F3N7O3. The van der Waals surface area contributed by atoms with Crippen molar-refractivity contribution in [3.63, 3.8) is 0 Å². The van der Waals surface area contributed by atoms with Gasteiger partial charge in [-0.1, -0.05) is 6.07 Å². The fourth-order valence-corrected chi connectivity index (χ4v) is 5.04. The number of hydrogen-bond acceptors (Lipinski definition) is 9. The second kappa shape index (κ2) is 9.08. The van der Waals surface area contributed by atoms with E-state index in [1.165, 1.54) is 6.07 Å². The molecule has 198 valence electrons. The third-order valence-corrected chi connectivity index (χ3v) is 7.10. The molecule has 1 atom stereocenters. The normalized spacial score (nSPS) is 20.6. The molecule has 1 saturated heterocycles. The van der Waals surface area contributed by atoms with Crippen molar-refractivity contribution in [3.8, 4) is 11.6 Å². The van der Waals surface area contributed by atoms with Gasteiger partial charge in [-0.2, -0.15) is 18.2 Å². The number of rotatable bonds is 5. The third kappa shape index (κ3) is 4.16. The van der Waals surface area contributed by atoms with E-state index in [-0.39, 0.29) is 17.5 Å². The molecule has 0 saturated carbocycles. The number of nitrogens with zero attached hydrogens (tertiary/aromatic N) is 6. The topological polar surface area (TPSA) is 106 Å². The summed E-state index contributed by atoms with van der Waals surface area (Å²) in [5.74, 6) is 1.59. The lowest BCUT2D eigenvalue weighted by Crippen LogP contribution is -2.64. The highest BCUT2D eigenvalue weighted by atomic mass is 19.4. The summed E-state index contributed by atoms with van der Waals surface area (Å²) in [4.78, 5) is 34.2. The van der Waals surface area contributed by atoms with Crippen LogP contribution in [-0.4, -0.2) is 58.2 Å². The van der Waals surface area contributed by atoms with E-state index in [1.807, 2.05) is 16.8 Å². The first-order valence-corrected chi connectivity index (χ1v) is 12.2. The highest BCUT2D eigenvalue weighted by molar-refractivity contribution is 6.09. The Hall–Kier alpha value is -4.00. The number of carbonyl (C=O) groups is 1. The molecule has 3 aliphatic heterocycles. The average Bonchev–Trinajstić information content (AvgIpc) is 3.41. The first-order valence-electron chi connectivity index (χ1n) is 12.2. The van der Waals surface area contributed by atoms with E-state index < -0.39 is 17.4 Å². The number of aromatic nitrogens is 4. The lowest BCUT2D eigenvalue weighted by atomic mass is 9.89. The molecule has 1 amide bonds. The smallest absolute Gasteiger partial charge is 0.433 e. The van der Waals surface area contributed by atoms with E-state index >= 15 is 0 Å². The third-order valence-electron chi connectivity index (χ3n) is 7.10. The number of anilines is 3. The highest BCUT2D eigenvalue weighted by Crippen LogP contribution is 2.45. The van der Waals surface area contributed by atoms with Crippen LogP contribution in [0.15, 0.2) is 36.7 Å². The summed E-state index contributed by atoms with van der Waals surface area (Å²) in [6.07, 6.45) is 0.293. The van der Waals surface area contributed by atoms with Gasteiger partial charge in [-0.15, -0.1) is 0 Å². The molecular weight excluding hydrogens is 503 g/mol. The second-order valence-electron chi connectivity index (χ2n) is 9.46. The Kier molecular flexibility index (Phi) is 5.82. The van der Waals surface area contributed by atoms with Crippen LogP contribution in [0.3, 0.4) is 0 Å². The molecule has 0 bridgehead atoms. The van der Waals surface area contributed by atoms with Crippen LogP contribution in [0, 0.1) is 0 Å². The minimum absolute atomic E-state index is 0.0516. The van der Waals surface area contributed by atoms with Crippen LogP contribution in [0.5, 0.6) is 11.6 Å². The lowest BCUT2D eigenvalue weighted by Gasteiger charge is -2.47. The molecule has 1 spiro atoms. The summed E-state index contributed by atoms with van der Waals surface area (Å²) in [6.45, 7) is 1.90. The van der Waals surface area contributed by atoms with Crippen molar-refractivity contribution >= 4 is 23.4 Å². The Bertz CT molecular complexity index is 1360. The van der Waals surface area contributed by atoms with Crippen molar-refractivity contribution in [3.05, 3.63) is 53.6 Å². The van der Waals surface area contributed by atoms with E-state index in [9.17, 15) is 18.0 Å². The van der Waals surface area contributed by atoms with Gasteiger partial charge in [0.05, 0.1) is 18.5 Å². The minimum atomic E-state index is -4.51. The zero-order valence-electron chi connectivity index (χ0n) is 20.5. The molecule has 10 nitrogen and oxygen atoms in total. The van der Waals surface area contributed by atoms with Crippen molar-refractivity contribution in [1.29, 1.82) is 0 Å². The highest BCUT2D eigenvalue weighted by Gasteiger charge is 2.54. The number of carbonyl (C=O) groups excluding carboxylic acids is 1. The fraction of sp³-hybridized carbons (Fsp3) is 0.400. The monoisotopic (exact) mass is 527 g/mol. The van der Waals surface area contributed by atoms with Crippen molar-refractivity contribution in [2.75, 3.05) is 41.9 Å². The number of aryl methyl sites for hydroxylation is 1. The Labute approximate surface area is 215 Å². The maximum atomic E-state index is 13.4. The molecule has 1 unspecified atom stereocenters. The van der Waals surface area contributed by atoms with Gasteiger partial charge in [0.15, 0.2) is 5.82 Å². The van der Waals surface area contributed by atoms with Crippen LogP contribution >= 0.6 is 0 Å². The Balaban J connectivity index is 1.16. The zero-order valence-corrected chi connectivity index (χ0v) is 20.5. The number of pyridine rings is 2. The predicted molar refractivity (Wildman–Crippen MR) is 130 cm³/mol. The average molecular weight is 528 g/mol. The fourth-order valence-electron chi connectivity index (χ4n) is 5.04. The number of ether oxygens (including phenoxy) is 2. The minimum Gasteiger partial charge on any atom is -0.437 e. The summed E-state index contributed by atoms with van der Waals surface area (Å²) in [5.41, 5.74) is 0.714. The molecule has 1 N–H and O–H groups in total. The van der Waals surface area contributed by atoms with E-state index in [4.69, 9.17) is 19.4 Å². The van der Waals surface area contributed by atoms with Gasteiger partial charge in [0, 0.05) is 45.4 Å². The van der Waals surface area contributed by atoms with Crippen LogP contribution in [0.25, 0.3) is 0 Å². The van der Waals surface area contributed by atoms with Gasteiger partial charge in [-0.25, -0.2) is 15.0 Å². The number of hydrogen-bond donors (Lipinski definition) is 1. The summed E-state index contributed by atoms with van der Waals surface area (Å²) in [6, 6.07) is 5.45. The van der Waals surface area contributed by atoms with Gasteiger partial charge in [0.1, 0.15) is 22.7 Å². The van der Waals surface area contributed by atoms with Crippen LogP contribution < -0.4 is 19.9 Å². The van der Waals surface area contributed by atoms with Crippen LogP contribution in [0.4, 0.5) is 30.6 Å². The molecule has 1 fully saturated rings. The molecule has 6 rings (SSSR count). The Morgan fingerprint density at radius 2 is 2.03 bits per heavy atom. The van der Waals surface area contributed by atoms with Gasteiger partial charge in [0.2, 0.25) is 11.8 Å². The van der Waals surface area contributed by atoms with Gasteiger partial charge in [-0.3, -0.25) is 4.79 Å². The van der Waals surface area contributed by atoms with E-state index in [0.717, 1.165) is 42.0 Å². The number of amides is 1. The van der Waals surface area contributed by atoms with Gasteiger partial charge in [-0.05, 0) is 30.5 Å². The molecule has 3 aromatic rings. The quantitative estimate of drug-likeness (QED) is 0.533. The van der Waals surface area contributed by atoms with Crippen molar-refractivity contribution in [2.24, 2.45) is 0 Å². The predicted octanol–water partition coefficient (Wildman–Crippen LogP) is 3.58. The summed E-state index contributed by atoms with van der Waals surface area (Å²) in [5, 5.41) is 3.24. The van der Waals surface area contributed by atoms with E-state index in [1.54, 1.807) is 18.3 Å². The maximum absolute atomic E-state index is 13.4. The van der Waals surface area contributed by atoms with Gasteiger partial charge >= 0.3 is 6.18 Å². The Morgan fingerprint density at radius 1 is 1.16 bits per heavy atom. The zero-order chi connectivity index (χ0) is 26.5. The van der Waals surface area contributed by atoms with E-state index in [0.29, 0.717) is 44.5 Å². The standard InChI is InChI=1S/C25H24F3N7O3/c1-34-21-20-17(3-2-9-35(20)22(36)24(34)8-10-37-14-24)32-23(33-21)31-12-15-4-7-19(30-11-15)38-16-5-6-18(29-13-16)25(26,27)28/h4-7,11,13H,2-3,8-10,12,14H2,1H3,(H,31,32,33). The van der Waals surface area contributed by atoms with Crippen LogP contribution in [0.2, 0.25) is 0 Å². The van der Waals surface area contributed by atoms with Crippen molar-refractivity contribution < 1.29 is 27.4 Å². The van der Waals surface area contributed by atoms with Crippen LogP contribution in [-0.2, 0) is 28.7 Å². The molecule has 6 heterocycles. The first-order chi connectivity index (χ1) is 18.2. The molecule has 3 aromatic heterocycles. The summed E-state index contributed by atoms with van der Waals surface area (Å²) < 4.78 is 49.2. The molecule has 13 heteroatoms. The number of halogens is 3. The lowest BCUT2D eigenvalue weighted by molar-refractivity contribution is -0.141.